The number of nitrogens with one attached hydrogen (secondary N) is 1. The lowest BCUT2D eigenvalue weighted by Crippen LogP contribution is -2.80. The second-order valence-corrected chi connectivity index (χ2v) is 13.2. The zero-order valence-electron chi connectivity index (χ0n) is 27.2. The number of nitriles is 1. The van der Waals surface area contributed by atoms with Crippen LogP contribution in [0.4, 0.5) is 11.4 Å². The molecular formula is C46H31N4+. The van der Waals surface area contributed by atoms with E-state index in [-0.39, 0.29) is 6.04 Å². The van der Waals surface area contributed by atoms with Crippen LogP contribution >= 0.6 is 0 Å². The van der Waals surface area contributed by atoms with Gasteiger partial charge in [-0.25, -0.2) is 4.98 Å². The summed E-state index contributed by atoms with van der Waals surface area (Å²) in [5.74, 6) is 0. The van der Waals surface area contributed by atoms with E-state index in [0.29, 0.717) is 5.56 Å². The normalized spacial score (nSPS) is 14.8. The topological polar surface area (TPSA) is 65.3 Å². The van der Waals surface area contributed by atoms with Gasteiger partial charge in [0.05, 0.1) is 22.8 Å². The van der Waals surface area contributed by atoms with E-state index in [4.69, 9.17) is 4.98 Å². The van der Waals surface area contributed by atoms with Crippen LogP contribution < -0.4 is 10.6 Å². The Morgan fingerprint density at radius 3 is 2.08 bits per heavy atom. The van der Waals surface area contributed by atoms with Gasteiger partial charge in [0.25, 0.3) is 0 Å². The number of hydrogen-bond donors (Lipinski definition) is 2. The third-order valence-corrected chi connectivity index (χ3v) is 10.4. The molecule has 3 heterocycles. The Hall–Kier alpha value is -6.54. The summed E-state index contributed by atoms with van der Waals surface area (Å²) < 4.78 is 0. The summed E-state index contributed by atoms with van der Waals surface area (Å²) in [6.45, 7) is 0.860. The van der Waals surface area contributed by atoms with Crippen molar-refractivity contribution in [1.82, 2.24) is 4.98 Å². The average Bonchev–Trinajstić information content (AvgIpc) is 3.20. The van der Waals surface area contributed by atoms with Gasteiger partial charge in [-0.2, -0.15) is 5.26 Å². The Balaban J connectivity index is 1.11. The van der Waals surface area contributed by atoms with Crippen LogP contribution in [-0.2, 0) is 0 Å². The first-order chi connectivity index (χ1) is 24.7. The first-order valence-electron chi connectivity index (χ1n) is 17.1. The number of aromatic nitrogens is 1. The summed E-state index contributed by atoms with van der Waals surface area (Å²) >= 11 is 0. The highest BCUT2D eigenvalue weighted by Crippen LogP contribution is 2.43. The third kappa shape index (κ3) is 4.45. The van der Waals surface area contributed by atoms with Gasteiger partial charge in [-0.3, -0.25) is 0 Å². The highest BCUT2D eigenvalue weighted by atomic mass is 15.0. The molecule has 8 aromatic rings. The molecule has 1 atom stereocenters. The molecule has 0 saturated heterocycles. The van der Waals surface area contributed by atoms with E-state index in [1.54, 1.807) is 0 Å². The zero-order chi connectivity index (χ0) is 33.2. The maximum absolute atomic E-state index is 9.51. The first-order valence-corrected chi connectivity index (χ1v) is 17.1. The zero-order valence-corrected chi connectivity index (χ0v) is 27.2. The number of fused-ring (bicyclic) bond motifs is 11. The molecule has 4 nitrogen and oxygen atoms in total. The molecule has 0 saturated carbocycles. The molecule has 50 heavy (non-hydrogen) atoms. The Morgan fingerprint density at radius 2 is 1.32 bits per heavy atom. The van der Waals surface area contributed by atoms with E-state index < -0.39 is 0 Å². The molecule has 0 amide bonds. The molecular weight excluding hydrogens is 609 g/mol. The molecule has 1 unspecified atom stereocenters. The van der Waals surface area contributed by atoms with Gasteiger partial charge < -0.3 is 10.6 Å². The summed E-state index contributed by atoms with van der Waals surface area (Å²) in [5.41, 5.74) is 12.1. The number of nitrogens with zero attached hydrogens (tertiary/aromatic N) is 2. The fourth-order valence-corrected chi connectivity index (χ4v) is 7.98. The van der Waals surface area contributed by atoms with E-state index >= 15 is 0 Å². The molecule has 0 spiro atoms. The summed E-state index contributed by atoms with van der Waals surface area (Å²) in [6.07, 6.45) is 8.94. The number of pyridine rings is 1. The van der Waals surface area contributed by atoms with Crippen LogP contribution in [0.15, 0.2) is 140 Å². The minimum atomic E-state index is 0.207. The number of quaternary nitrogens is 1. The van der Waals surface area contributed by atoms with Crippen molar-refractivity contribution < 1.29 is 5.32 Å². The van der Waals surface area contributed by atoms with Gasteiger partial charge in [0, 0.05) is 45.0 Å². The molecule has 234 valence electrons. The van der Waals surface area contributed by atoms with Crippen LogP contribution in [0.2, 0.25) is 0 Å². The third-order valence-electron chi connectivity index (χ3n) is 10.4. The van der Waals surface area contributed by atoms with E-state index in [1.165, 1.54) is 55.0 Å². The van der Waals surface area contributed by atoms with Crippen molar-refractivity contribution >= 4 is 66.7 Å². The fraction of sp³-hybridized carbons (Fsp3) is 0.0435. The van der Waals surface area contributed by atoms with Crippen LogP contribution in [0, 0.1) is 11.3 Å². The molecule has 1 aromatic heterocycles. The van der Waals surface area contributed by atoms with Gasteiger partial charge in [-0.1, -0.05) is 115 Å². The smallest absolute Gasteiger partial charge is 0.161 e. The first kappa shape index (κ1) is 28.5. The standard InChI is InChI=1S/C46H30N4/c47-27-28-11-13-32(14-12-28)44-43-38-10-4-2-8-36(38)35-7-1-3-9-37(35)42(43)39-23-21-34(26-41(39)50-44)29-15-17-30(18-16-29)40-24-22-33-20-19-31-6-5-25-48-45(31)46(33)49-40/h1-24,26,40,48-49H,25H2/p+1. The number of hydrogen-bond acceptors (Lipinski definition) is 3. The maximum Gasteiger partial charge on any atom is 0.161 e. The highest BCUT2D eigenvalue weighted by Gasteiger charge is 2.24. The lowest BCUT2D eigenvalue weighted by molar-refractivity contribution is -0.606. The van der Waals surface area contributed by atoms with Crippen molar-refractivity contribution in [1.29, 1.82) is 5.26 Å². The molecule has 0 bridgehead atoms. The Bertz CT molecular complexity index is 2780. The SMILES string of the molecule is N#Cc1ccc(-c2nc3cc(-c4ccc(C5C=Cc6ccc7c(c6[NH2+]5)NCC=C7)cc4)ccc3c3c4ccccc4c4ccccc4c23)cc1. The number of benzene rings is 7. The Labute approximate surface area is 289 Å². The van der Waals surface area contributed by atoms with E-state index in [9.17, 15) is 5.26 Å². The van der Waals surface area contributed by atoms with Crippen LogP contribution in [0.25, 0.3) is 77.8 Å². The summed E-state index contributed by atoms with van der Waals surface area (Å²) in [7, 11) is 0. The van der Waals surface area contributed by atoms with Gasteiger partial charge in [0.15, 0.2) is 5.69 Å². The van der Waals surface area contributed by atoms with Crippen molar-refractivity contribution in [2.75, 3.05) is 11.9 Å². The molecule has 2 aliphatic rings. The highest BCUT2D eigenvalue weighted by molar-refractivity contribution is 6.33. The second-order valence-electron chi connectivity index (χ2n) is 13.2. The molecule has 3 N–H and O–H groups in total. The van der Waals surface area contributed by atoms with Crippen molar-refractivity contribution in [3.05, 3.63) is 162 Å². The van der Waals surface area contributed by atoms with Crippen LogP contribution in [0.1, 0.15) is 28.3 Å². The molecule has 0 radical (unpaired) electrons. The van der Waals surface area contributed by atoms with Crippen LogP contribution in [-0.4, -0.2) is 11.5 Å². The Morgan fingerprint density at radius 1 is 0.640 bits per heavy atom. The summed E-state index contributed by atoms with van der Waals surface area (Å²) in [6, 6.07) is 47.7. The molecule has 2 aliphatic heterocycles. The monoisotopic (exact) mass is 639 g/mol. The minimum Gasteiger partial charge on any atom is -0.376 e. The molecule has 10 rings (SSSR count). The molecule has 0 fully saturated rings. The second kappa shape index (κ2) is 11.3. The van der Waals surface area contributed by atoms with E-state index in [1.807, 2.05) is 24.3 Å². The number of anilines is 1. The van der Waals surface area contributed by atoms with Crippen molar-refractivity contribution in [3.8, 4) is 28.5 Å². The van der Waals surface area contributed by atoms with Crippen molar-refractivity contribution in [2.24, 2.45) is 0 Å². The fourth-order valence-electron chi connectivity index (χ4n) is 7.98. The van der Waals surface area contributed by atoms with Gasteiger partial charge in [-0.15, -0.1) is 0 Å². The van der Waals surface area contributed by atoms with Gasteiger partial charge in [-0.05, 0) is 69.1 Å². The van der Waals surface area contributed by atoms with Crippen LogP contribution in [0.5, 0.6) is 0 Å². The van der Waals surface area contributed by atoms with Gasteiger partial charge in [0.1, 0.15) is 11.7 Å². The predicted molar refractivity (Wildman–Crippen MR) is 207 cm³/mol. The van der Waals surface area contributed by atoms with Crippen LogP contribution in [0.3, 0.4) is 0 Å². The van der Waals surface area contributed by atoms with Crippen molar-refractivity contribution in [2.45, 2.75) is 6.04 Å². The van der Waals surface area contributed by atoms with Crippen molar-refractivity contribution in [3.63, 3.8) is 0 Å². The van der Waals surface area contributed by atoms with Gasteiger partial charge >= 0.3 is 0 Å². The lowest BCUT2D eigenvalue weighted by Gasteiger charge is -2.23. The Kier molecular flexibility index (Phi) is 6.42. The minimum absolute atomic E-state index is 0.207. The molecule has 7 aromatic carbocycles. The van der Waals surface area contributed by atoms with E-state index in [0.717, 1.165) is 45.2 Å². The predicted octanol–water partition coefficient (Wildman–Crippen LogP) is 10.3. The van der Waals surface area contributed by atoms with E-state index in [2.05, 4.69) is 144 Å². The average molecular weight is 640 g/mol. The van der Waals surface area contributed by atoms with Gasteiger partial charge in [0.2, 0.25) is 0 Å². The maximum atomic E-state index is 9.51. The number of rotatable bonds is 3. The number of nitrogens with two attached hydrogens (primary N) is 1. The quantitative estimate of drug-likeness (QED) is 0.149. The lowest BCUT2D eigenvalue weighted by atomic mass is 9.89. The summed E-state index contributed by atoms with van der Waals surface area (Å²) in [4.78, 5) is 5.41. The summed E-state index contributed by atoms with van der Waals surface area (Å²) in [5, 5.41) is 23.8. The largest absolute Gasteiger partial charge is 0.376 e. The molecule has 0 aliphatic carbocycles. The molecule has 4 heteroatoms.